The van der Waals surface area contributed by atoms with E-state index in [0.29, 0.717) is 12.6 Å². The van der Waals surface area contributed by atoms with Gasteiger partial charge in [0.25, 0.3) is 0 Å². The molecule has 2 N–H and O–H groups in total. The van der Waals surface area contributed by atoms with Crippen molar-refractivity contribution in [3.63, 3.8) is 0 Å². The number of imidazole rings is 1. The Bertz CT molecular complexity index is 294. The van der Waals surface area contributed by atoms with Crippen LogP contribution in [0.25, 0.3) is 0 Å². The van der Waals surface area contributed by atoms with Gasteiger partial charge in [0.1, 0.15) is 6.10 Å². The van der Waals surface area contributed by atoms with Crippen molar-refractivity contribution in [2.24, 2.45) is 5.73 Å². The first-order chi connectivity index (χ1) is 7.06. The molecule has 1 atom stereocenters. The van der Waals surface area contributed by atoms with Crippen LogP contribution in [-0.4, -0.2) is 22.2 Å². The van der Waals surface area contributed by atoms with Crippen molar-refractivity contribution in [3.05, 3.63) is 18.2 Å². The molecule has 0 saturated carbocycles. The zero-order valence-corrected chi connectivity index (χ0v) is 9.97. The lowest BCUT2D eigenvalue weighted by atomic mass is 10.2. The molecule has 0 aliphatic carbocycles. The van der Waals surface area contributed by atoms with Crippen LogP contribution in [0.2, 0.25) is 0 Å². The Morgan fingerprint density at radius 2 is 2.07 bits per heavy atom. The van der Waals surface area contributed by atoms with E-state index < -0.39 is 0 Å². The lowest BCUT2D eigenvalue weighted by molar-refractivity contribution is 0.00714. The molecule has 0 fully saturated rings. The van der Waals surface area contributed by atoms with Crippen molar-refractivity contribution >= 4 is 0 Å². The SMILES string of the molecule is CC(C)OC(CN)c1cncn1C(C)C. The van der Waals surface area contributed by atoms with Gasteiger partial charge in [0.15, 0.2) is 0 Å². The predicted molar refractivity (Wildman–Crippen MR) is 60.6 cm³/mol. The Kier molecular flexibility index (Phi) is 4.29. The largest absolute Gasteiger partial charge is 0.368 e. The zero-order valence-electron chi connectivity index (χ0n) is 9.97. The molecular weight excluding hydrogens is 190 g/mol. The summed E-state index contributed by atoms with van der Waals surface area (Å²) in [7, 11) is 0. The summed E-state index contributed by atoms with van der Waals surface area (Å²) < 4.78 is 7.85. The van der Waals surface area contributed by atoms with Crippen molar-refractivity contribution in [1.29, 1.82) is 0 Å². The minimum atomic E-state index is -0.0603. The third-order valence-corrected chi connectivity index (χ3v) is 2.23. The van der Waals surface area contributed by atoms with Crippen molar-refractivity contribution in [3.8, 4) is 0 Å². The van der Waals surface area contributed by atoms with Gasteiger partial charge in [0.05, 0.1) is 24.3 Å². The molecule has 1 aromatic rings. The topological polar surface area (TPSA) is 53.1 Å². The molecule has 0 aromatic carbocycles. The van der Waals surface area contributed by atoms with Gasteiger partial charge >= 0.3 is 0 Å². The summed E-state index contributed by atoms with van der Waals surface area (Å²) in [5, 5.41) is 0. The minimum absolute atomic E-state index is 0.0603. The highest BCUT2D eigenvalue weighted by Gasteiger charge is 2.17. The first kappa shape index (κ1) is 12.2. The van der Waals surface area contributed by atoms with E-state index in [4.69, 9.17) is 10.5 Å². The maximum absolute atomic E-state index is 5.75. The first-order valence-corrected chi connectivity index (χ1v) is 5.43. The molecule has 0 bridgehead atoms. The third-order valence-electron chi connectivity index (χ3n) is 2.23. The molecule has 15 heavy (non-hydrogen) atoms. The van der Waals surface area contributed by atoms with Gasteiger partial charge in [0, 0.05) is 12.6 Å². The van der Waals surface area contributed by atoms with E-state index in [1.807, 2.05) is 26.4 Å². The third kappa shape index (κ3) is 3.04. The molecule has 1 heterocycles. The lowest BCUT2D eigenvalue weighted by Gasteiger charge is -2.21. The molecule has 0 saturated heterocycles. The van der Waals surface area contributed by atoms with Crippen LogP contribution in [0.4, 0.5) is 0 Å². The summed E-state index contributed by atoms with van der Waals surface area (Å²) in [6, 6.07) is 0.382. The highest BCUT2D eigenvalue weighted by molar-refractivity contribution is 5.05. The van der Waals surface area contributed by atoms with Crippen LogP contribution in [0.1, 0.15) is 45.5 Å². The number of nitrogens with two attached hydrogens (primary N) is 1. The van der Waals surface area contributed by atoms with E-state index in [1.165, 1.54) is 0 Å². The summed E-state index contributed by atoms with van der Waals surface area (Å²) in [5.41, 5.74) is 6.77. The monoisotopic (exact) mass is 211 g/mol. The van der Waals surface area contributed by atoms with Crippen LogP contribution in [0.3, 0.4) is 0 Å². The zero-order chi connectivity index (χ0) is 11.4. The molecule has 0 radical (unpaired) electrons. The van der Waals surface area contributed by atoms with E-state index in [1.54, 1.807) is 0 Å². The standard InChI is InChI=1S/C11H21N3O/c1-8(2)14-7-13-6-10(14)11(5-12)15-9(3)4/h6-9,11H,5,12H2,1-4H3. The van der Waals surface area contributed by atoms with Gasteiger partial charge in [-0.3, -0.25) is 0 Å². The Hall–Kier alpha value is -0.870. The second-order valence-electron chi connectivity index (χ2n) is 4.23. The Morgan fingerprint density at radius 1 is 1.40 bits per heavy atom. The molecule has 1 aromatic heterocycles. The molecule has 86 valence electrons. The minimum Gasteiger partial charge on any atom is -0.368 e. The molecule has 0 amide bonds. The maximum Gasteiger partial charge on any atom is 0.112 e. The fourth-order valence-corrected chi connectivity index (χ4v) is 1.57. The molecule has 4 heteroatoms. The quantitative estimate of drug-likeness (QED) is 0.809. The predicted octanol–water partition coefficient (Wildman–Crippen LogP) is 1.89. The summed E-state index contributed by atoms with van der Waals surface area (Å²) >= 11 is 0. The van der Waals surface area contributed by atoms with Crippen LogP contribution < -0.4 is 5.73 Å². The maximum atomic E-state index is 5.75. The van der Waals surface area contributed by atoms with Crippen LogP contribution in [0.5, 0.6) is 0 Å². The van der Waals surface area contributed by atoms with E-state index in [0.717, 1.165) is 5.69 Å². The van der Waals surface area contributed by atoms with Gasteiger partial charge in [-0.15, -0.1) is 0 Å². The highest BCUT2D eigenvalue weighted by Crippen LogP contribution is 2.20. The normalized spacial score (nSPS) is 13.8. The van der Waals surface area contributed by atoms with Crippen molar-refractivity contribution in [2.45, 2.75) is 45.9 Å². The van der Waals surface area contributed by atoms with Gasteiger partial charge < -0.3 is 15.0 Å². The summed E-state index contributed by atoms with van der Waals surface area (Å²) in [4.78, 5) is 4.15. The van der Waals surface area contributed by atoms with Crippen LogP contribution in [-0.2, 0) is 4.74 Å². The van der Waals surface area contributed by atoms with Gasteiger partial charge in [-0.05, 0) is 27.7 Å². The van der Waals surface area contributed by atoms with Crippen molar-refractivity contribution in [2.75, 3.05) is 6.54 Å². The molecule has 1 unspecified atom stereocenters. The summed E-state index contributed by atoms with van der Waals surface area (Å²) in [6.07, 6.45) is 3.77. The van der Waals surface area contributed by atoms with Crippen LogP contribution in [0.15, 0.2) is 12.5 Å². The second kappa shape index (κ2) is 5.28. The Labute approximate surface area is 91.4 Å². The molecule has 4 nitrogen and oxygen atoms in total. The average molecular weight is 211 g/mol. The second-order valence-corrected chi connectivity index (χ2v) is 4.23. The smallest absolute Gasteiger partial charge is 0.112 e. The average Bonchev–Trinajstić information content (AvgIpc) is 2.62. The highest BCUT2D eigenvalue weighted by atomic mass is 16.5. The van der Waals surface area contributed by atoms with Crippen LogP contribution >= 0.6 is 0 Å². The lowest BCUT2D eigenvalue weighted by Crippen LogP contribution is -2.22. The molecular formula is C11H21N3O. The van der Waals surface area contributed by atoms with E-state index in [-0.39, 0.29) is 12.2 Å². The van der Waals surface area contributed by atoms with Crippen molar-refractivity contribution < 1.29 is 4.74 Å². The molecule has 0 aliphatic heterocycles. The summed E-state index contributed by atoms with van der Waals surface area (Å²) in [6.45, 7) is 8.75. The first-order valence-electron chi connectivity index (χ1n) is 5.43. The fourth-order valence-electron chi connectivity index (χ4n) is 1.57. The van der Waals surface area contributed by atoms with E-state index >= 15 is 0 Å². The van der Waals surface area contributed by atoms with E-state index in [9.17, 15) is 0 Å². The number of rotatable bonds is 5. The number of hydrogen-bond acceptors (Lipinski definition) is 3. The fraction of sp³-hybridized carbons (Fsp3) is 0.727. The number of ether oxygens (including phenoxy) is 1. The Morgan fingerprint density at radius 3 is 2.53 bits per heavy atom. The summed E-state index contributed by atoms with van der Waals surface area (Å²) in [5.74, 6) is 0. The van der Waals surface area contributed by atoms with E-state index in [2.05, 4.69) is 23.4 Å². The number of nitrogens with zero attached hydrogens (tertiary/aromatic N) is 2. The molecule has 0 spiro atoms. The molecule has 1 rings (SSSR count). The van der Waals surface area contributed by atoms with Gasteiger partial charge in [-0.1, -0.05) is 0 Å². The van der Waals surface area contributed by atoms with Gasteiger partial charge in [-0.25, -0.2) is 4.98 Å². The van der Waals surface area contributed by atoms with Gasteiger partial charge in [0.2, 0.25) is 0 Å². The Balaban J connectivity index is 2.86. The van der Waals surface area contributed by atoms with Crippen molar-refractivity contribution in [1.82, 2.24) is 9.55 Å². The van der Waals surface area contributed by atoms with Gasteiger partial charge in [-0.2, -0.15) is 0 Å². The molecule has 0 aliphatic rings. The number of aromatic nitrogens is 2. The number of hydrogen-bond donors (Lipinski definition) is 1. The van der Waals surface area contributed by atoms with Crippen LogP contribution in [0, 0.1) is 0 Å².